The summed E-state index contributed by atoms with van der Waals surface area (Å²) >= 11 is 1.39. The number of carbonyl (C=O) groups excluding carboxylic acids is 1. The summed E-state index contributed by atoms with van der Waals surface area (Å²) in [6.07, 6.45) is 0. The maximum absolute atomic E-state index is 12.8. The van der Waals surface area contributed by atoms with Gasteiger partial charge in [-0.1, -0.05) is 0 Å². The average Bonchev–Trinajstić information content (AvgIpc) is 2.56. The quantitative estimate of drug-likeness (QED) is 0.732. The second kappa shape index (κ2) is 8.73. The lowest BCUT2D eigenvalue weighted by molar-refractivity contribution is -0.113. The van der Waals surface area contributed by atoms with Crippen LogP contribution in [0.15, 0.2) is 53.4 Å². The van der Waals surface area contributed by atoms with E-state index in [-0.39, 0.29) is 11.7 Å². The molecule has 1 amide bonds. The van der Waals surface area contributed by atoms with Crippen molar-refractivity contribution in [1.29, 1.82) is 0 Å². The van der Waals surface area contributed by atoms with Crippen molar-refractivity contribution < 1.29 is 9.18 Å². The average molecular weight is 346 g/mol. The van der Waals surface area contributed by atoms with Crippen molar-refractivity contribution in [3.8, 4) is 0 Å². The van der Waals surface area contributed by atoms with Gasteiger partial charge >= 0.3 is 0 Å². The van der Waals surface area contributed by atoms with E-state index in [4.69, 9.17) is 0 Å². The third-order valence-corrected chi connectivity index (χ3v) is 4.64. The van der Waals surface area contributed by atoms with Gasteiger partial charge in [0.25, 0.3) is 0 Å². The van der Waals surface area contributed by atoms with Crippen LogP contribution in [0.3, 0.4) is 0 Å². The van der Waals surface area contributed by atoms with Crippen LogP contribution in [0.25, 0.3) is 0 Å². The molecule has 0 unspecified atom stereocenters. The Kier molecular flexibility index (Phi) is 6.67. The third-order valence-electron chi connectivity index (χ3n) is 3.63. The highest BCUT2D eigenvalue weighted by Crippen LogP contribution is 2.21. The molecule has 5 heteroatoms. The van der Waals surface area contributed by atoms with Crippen molar-refractivity contribution in [2.24, 2.45) is 0 Å². The van der Waals surface area contributed by atoms with Crippen LogP contribution in [0.1, 0.15) is 20.8 Å². The number of thioether (sulfide) groups is 1. The fourth-order valence-corrected chi connectivity index (χ4v) is 3.16. The Hall–Kier alpha value is -2.01. The van der Waals surface area contributed by atoms with Crippen molar-refractivity contribution in [2.75, 3.05) is 22.5 Å². The first kappa shape index (κ1) is 18.3. The van der Waals surface area contributed by atoms with Gasteiger partial charge in [0.05, 0.1) is 5.75 Å². The number of carbonyl (C=O) groups is 1. The molecule has 0 spiro atoms. The van der Waals surface area contributed by atoms with Crippen molar-refractivity contribution in [2.45, 2.75) is 31.7 Å². The molecule has 0 bridgehead atoms. The van der Waals surface area contributed by atoms with Crippen molar-refractivity contribution in [3.63, 3.8) is 0 Å². The number of anilines is 2. The van der Waals surface area contributed by atoms with Crippen LogP contribution in [0.2, 0.25) is 0 Å². The molecule has 0 aliphatic rings. The van der Waals surface area contributed by atoms with Gasteiger partial charge in [-0.15, -0.1) is 11.8 Å². The Morgan fingerprint density at radius 3 is 2.29 bits per heavy atom. The summed E-state index contributed by atoms with van der Waals surface area (Å²) in [5.74, 6) is -0.0554. The minimum absolute atomic E-state index is 0.0757. The molecule has 0 fully saturated rings. The summed E-state index contributed by atoms with van der Waals surface area (Å²) in [4.78, 5) is 15.2. The molecule has 2 rings (SSSR count). The van der Waals surface area contributed by atoms with Crippen LogP contribution in [0, 0.1) is 5.82 Å². The summed E-state index contributed by atoms with van der Waals surface area (Å²) in [6, 6.07) is 14.4. The van der Waals surface area contributed by atoms with Crippen LogP contribution in [-0.2, 0) is 4.79 Å². The number of halogens is 1. The molecule has 2 aromatic carbocycles. The van der Waals surface area contributed by atoms with Crippen LogP contribution in [0.4, 0.5) is 15.8 Å². The number of hydrogen-bond donors (Lipinski definition) is 1. The lowest BCUT2D eigenvalue weighted by Gasteiger charge is -2.27. The molecule has 128 valence electrons. The van der Waals surface area contributed by atoms with Gasteiger partial charge in [-0.25, -0.2) is 4.39 Å². The highest BCUT2D eigenvalue weighted by Gasteiger charge is 2.09. The Morgan fingerprint density at radius 2 is 1.75 bits per heavy atom. The van der Waals surface area contributed by atoms with E-state index in [1.807, 2.05) is 24.3 Å². The van der Waals surface area contributed by atoms with Crippen LogP contribution >= 0.6 is 11.8 Å². The summed E-state index contributed by atoms with van der Waals surface area (Å²) in [5.41, 5.74) is 1.93. The zero-order valence-electron chi connectivity index (χ0n) is 14.3. The molecule has 3 nitrogen and oxygen atoms in total. The lowest BCUT2D eigenvalue weighted by atomic mass is 10.2. The number of amides is 1. The van der Waals surface area contributed by atoms with E-state index in [0.29, 0.717) is 11.8 Å². The summed E-state index contributed by atoms with van der Waals surface area (Å²) < 4.78 is 12.8. The monoisotopic (exact) mass is 346 g/mol. The first-order valence-electron chi connectivity index (χ1n) is 8.04. The largest absolute Gasteiger partial charge is 0.369 e. The predicted molar refractivity (Wildman–Crippen MR) is 100 cm³/mol. The van der Waals surface area contributed by atoms with Gasteiger partial charge in [0.1, 0.15) is 5.82 Å². The van der Waals surface area contributed by atoms with Gasteiger partial charge < -0.3 is 10.2 Å². The van der Waals surface area contributed by atoms with E-state index in [1.54, 1.807) is 12.1 Å². The van der Waals surface area contributed by atoms with E-state index < -0.39 is 0 Å². The fourth-order valence-electron chi connectivity index (χ4n) is 2.46. The molecule has 0 heterocycles. The van der Waals surface area contributed by atoms with E-state index >= 15 is 0 Å². The number of nitrogens with one attached hydrogen (secondary N) is 1. The minimum Gasteiger partial charge on any atom is -0.369 e. The van der Waals surface area contributed by atoms with Crippen LogP contribution in [-0.4, -0.2) is 24.2 Å². The molecule has 0 saturated carbocycles. The maximum Gasteiger partial charge on any atom is 0.234 e. The molecule has 2 aromatic rings. The first-order valence-corrected chi connectivity index (χ1v) is 9.03. The number of benzene rings is 2. The smallest absolute Gasteiger partial charge is 0.234 e. The normalized spacial score (nSPS) is 10.7. The molecule has 0 radical (unpaired) electrons. The van der Waals surface area contributed by atoms with E-state index in [2.05, 4.69) is 31.0 Å². The molecule has 0 aliphatic carbocycles. The topological polar surface area (TPSA) is 32.3 Å². The highest BCUT2D eigenvalue weighted by atomic mass is 32.2. The van der Waals surface area contributed by atoms with Gasteiger partial charge in [0, 0.05) is 28.9 Å². The molecule has 0 atom stereocenters. The van der Waals surface area contributed by atoms with E-state index in [9.17, 15) is 9.18 Å². The Morgan fingerprint density at radius 1 is 1.12 bits per heavy atom. The molecule has 0 saturated heterocycles. The molecular weight excluding hydrogens is 323 g/mol. The number of hydrogen-bond acceptors (Lipinski definition) is 3. The van der Waals surface area contributed by atoms with E-state index in [0.717, 1.165) is 22.8 Å². The van der Waals surface area contributed by atoms with Gasteiger partial charge in [-0.05, 0) is 69.3 Å². The standard InChI is InChI=1S/C19H23FN2OS/c1-4-22(14(2)3)17-9-7-16(8-10-17)21-19(23)13-24-18-11-5-15(20)6-12-18/h5-12,14H,4,13H2,1-3H3,(H,21,23). The fraction of sp³-hybridized carbons (Fsp3) is 0.316. The lowest BCUT2D eigenvalue weighted by Crippen LogP contribution is -2.30. The zero-order chi connectivity index (χ0) is 17.5. The molecule has 0 aliphatic heterocycles. The highest BCUT2D eigenvalue weighted by molar-refractivity contribution is 8.00. The summed E-state index contributed by atoms with van der Waals surface area (Å²) in [6.45, 7) is 7.39. The SMILES string of the molecule is CCN(c1ccc(NC(=O)CSc2ccc(F)cc2)cc1)C(C)C. The van der Waals surface area contributed by atoms with Crippen molar-refractivity contribution in [1.82, 2.24) is 0 Å². The second-order valence-corrected chi connectivity index (χ2v) is 6.77. The van der Waals surface area contributed by atoms with Gasteiger partial charge in [-0.3, -0.25) is 4.79 Å². The molecule has 1 N–H and O–H groups in total. The molecular formula is C19H23FN2OS. The van der Waals surface area contributed by atoms with Gasteiger partial charge in [-0.2, -0.15) is 0 Å². The summed E-state index contributed by atoms with van der Waals surface area (Å²) in [7, 11) is 0. The van der Waals surface area contributed by atoms with Crippen molar-refractivity contribution in [3.05, 3.63) is 54.3 Å². The van der Waals surface area contributed by atoms with Crippen molar-refractivity contribution >= 4 is 29.0 Å². The van der Waals surface area contributed by atoms with E-state index in [1.165, 1.54) is 23.9 Å². The molecule has 24 heavy (non-hydrogen) atoms. The number of nitrogens with zero attached hydrogens (tertiary/aromatic N) is 1. The first-order chi connectivity index (χ1) is 11.5. The van der Waals surface area contributed by atoms with Crippen LogP contribution < -0.4 is 10.2 Å². The third kappa shape index (κ3) is 5.27. The zero-order valence-corrected chi connectivity index (χ0v) is 15.1. The summed E-state index contributed by atoms with van der Waals surface area (Å²) in [5, 5.41) is 2.88. The van der Waals surface area contributed by atoms with Crippen LogP contribution in [0.5, 0.6) is 0 Å². The van der Waals surface area contributed by atoms with Gasteiger partial charge in [0.15, 0.2) is 0 Å². The Labute approximate surface area is 147 Å². The predicted octanol–water partition coefficient (Wildman–Crippen LogP) is 4.79. The Bertz CT molecular complexity index is 656. The molecule has 0 aromatic heterocycles. The number of rotatable bonds is 7. The van der Waals surface area contributed by atoms with Gasteiger partial charge in [0.2, 0.25) is 5.91 Å². The minimum atomic E-state index is -0.272. The Balaban J connectivity index is 1.88. The second-order valence-electron chi connectivity index (χ2n) is 5.72. The maximum atomic E-state index is 12.8.